The van der Waals surface area contributed by atoms with Gasteiger partial charge < -0.3 is 9.64 Å². The third-order valence-electron chi connectivity index (χ3n) is 4.99. The molecule has 1 atom stereocenters. The smallest absolute Gasteiger partial charge is 0.237 e. The number of fused-ring (bicyclic) bond motifs is 2. The van der Waals surface area contributed by atoms with E-state index in [9.17, 15) is 10.1 Å². The Morgan fingerprint density at radius 1 is 1.31 bits per heavy atom. The zero-order valence-corrected chi connectivity index (χ0v) is 17.2. The van der Waals surface area contributed by atoms with Crippen molar-refractivity contribution in [3.8, 4) is 11.8 Å². The van der Waals surface area contributed by atoms with E-state index in [-0.39, 0.29) is 17.7 Å². The fourth-order valence-corrected chi connectivity index (χ4v) is 4.55. The molecule has 0 unspecified atom stereocenters. The molecule has 2 heterocycles. The van der Waals surface area contributed by atoms with Gasteiger partial charge in [0.2, 0.25) is 5.91 Å². The van der Waals surface area contributed by atoms with Gasteiger partial charge in [-0.15, -0.1) is 0 Å². The number of carbonyl (C=O) groups excluding carboxylic acids is 1. The number of ether oxygens (including phenoxy) is 1. The molecule has 0 saturated heterocycles. The van der Waals surface area contributed by atoms with E-state index in [2.05, 4.69) is 24.0 Å². The third-order valence-corrected chi connectivity index (χ3v) is 5.97. The molecule has 1 amide bonds. The van der Waals surface area contributed by atoms with E-state index in [1.165, 1.54) is 17.3 Å². The van der Waals surface area contributed by atoms with E-state index in [1.54, 1.807) is 0 Å². The fraction of sp³-hybridized carbons (Fsp3) is 0.261. The van der Waals surface area contributed by atoms with Crippen molar-refractivity contribution < 1.29 is 9.53 Å². The first-order valence-corrected chi connectivity index (χ1v) is 10.6. The second kappa shape index (κ2) is 8.14. The lowest BCUT2D eigenvalue weighted by Crippen LogP contribution is -2.37. The van der Waals surface area contributed by atoms with Gasteiger partial charge in [-0.25, -0.2) is 4.98 Å². The summed E-state index contributed by atoms with van der Waals surface area (Å²) < 4.78 is 5.53. The van der Waals surface area contributed by atoms with Gasteiger partial charge in [0, 0.05) is 17.1 Å². The van der Waals surface area contributed by atoms with Crippen molar-refractivity contribution in [2.24, 2.45) is 0 Å². The molecular weight excluding hydrogens is 382 g/mol. The van der Waals surface area contributed by atoms with E-state index >= 15 is 0 Å². The standard InChI is InChI=1S/C23H21N3O2S/c1-3-28-19-8-9-20-17(12-19)11-18(13-24)23(25-20)29-14-22(27)26-15(2)10-16-6-4-5-7-21(16)26/h4-9,11-12,15H,3,10,14H2,1-2H3/t15-/m1/s1. The molecular formula is C23H21N3O2S. The van der Waals surface area contributed by atoms with Gasteiger partial charge in [-0.1, -0.05) is 30.0 Å². The third kappa shape index (κ3) is 3.79. The summed E-state index contributed by atoms with van der Waals surface area (Å²) in [5.74, 6) is 1.02. The van der Waals surface area contributed by atoms with Crippen molar-refractivity contribution in [3.63, 3.8) is 0 Å². The van der Waals surface area contributed by atoms with Gasteiger partial charge in [-0.05, 0) is 56.2 Å². The molecule has 1 aliphatic rings. The van der Waals surface area contributed by atoms with Crippen LogP contribution in [0, 0.1) is 11.3 Å². The summed E-state index contributed by atoms with van der Waals surface area (Å²) >= 11 is 1.32. The van der Waals surface area contributed by atoms with Crippen LogP contribution in [-0.4, -0.2) is 29.3 Å². The summed E-state index contributed by atoms with van der Waals surface area (Å²) in [7, 11) is 0. The molecule has 2 aromatic carbocycles. The molecule has 3 aromatic rings. The van der Waals surface area contributed by atoms with Crippen LogP contribution in [0.1, 0.15) is 25.0 Å². The first-order valence-electron chi connectivity index (χ1n) is 9.61. The predicted octanol–water partition coefficient (Wildman–Crippen LogP) is 4.58. The zero-order valence-electron chi connectivity index (χ0n) is 16.4. The minimum Gasteiger partial charge on any atom is -0.494 e. The van der Waals surface area contributed by atoms with E-state index < -0.39 is 0 Å². The first kappa shape index (κ1) is 19.3. The summed E-state index contributed by atoms with van der Waals surface area (Å²) in [6.45, 7) is 4.57. The maximum absolute atomic E-state index is 12.9. The van der Waals surface area contributed by atoms with Gasteiger partial charge in [-0.2, -0.15) is 5.26 Å². The molecule has 6 heteroatoms. The average Bonchev–Trinajstić information content (AvgIpc) is 3.07. The van der Waals surface area contributed by atoms with Crippen LogP contribution < -0.4 is 9.64 Å². The topological polar surface area (TPSA) is 66.2 Å². The fourth-order valence-electron chi connectivity index (χ4n) is 3.73. The van der Waals surface area contributed by atoms with Crippen molar-refractivity contribution in [2.45, 2.75) is 31.3 Å². The Bertz CT molecular complexity index is 1120. The van der Waals surface area contributed by atoms with Crippen LogP contribution in [0.3, 0.4) is 0 Å². The second-order valence-corrected chi connectivity index (χ2v) is 7.94. The van der Waals surface area contributed by atoms with Crippen LogP contribution in [0.4, 0.5) is 5.69 Å². The van der Waals surface area contributed by atoms with Crippen molar-refractivity contribution in [2.75, 3.05) is 17.3 Å². The van der Waals surface area contributed by atoms with Gasteiger partial charge in [0.05, 0.1) is 23.4 Å². The maximum Gasteiger partial charge on any atom is 0.237 e. The summed E-state index contributed by atoms with van der Waals surface area (Å²) in [4.78, 5) is 19.4. The Kier molecular flexibility index (Phi) is 5.41. The number of carbonyl (C=O) groups is 1. The number of anilines is 1. The van der Waals surface area contributed by atoms with E-state index in [1.807, 2.05) is 54.3 Å². The minimum absolute atomic E-state index is 0.0323. The van der Waals surface area contributed by atoms with Gasteiger partial charge in [0.1, 0.15) is 16.8 Å². The van der Waals surface area contributed by atoms with Gasteiger partial charge in [0.15, 0.2) is 0 Å². The van der Waals surface area contributed by atoms with E-state index in [0.29, 0.717) is 17.2 Å². The number of nitriles is 1. The Balaban J connectivity index is 1.56. The van der Waals surface area contributed by atoms with Crippen molar-refractivity contribution >= 4 is 34.3 Å². The number of aromatic nitrogens is 1. The lowest BCUT2D eigenvalue weighted by Gasteiger charge is -2.22. The molecule has 146 valence electrons. The van der Waals surface area contributed by atoms with Crippen LogP contribution in [-0.2, 0) is 11.2 Å². The van der Waals surface area contributed by atoms with E-state index in [4.69, 9.17) is 4.74 Å². The summed E-state index contributed by atoms with van der Waals surface area (Å²) in [5, 5.41) is 11.0. The molecule has 0 N–H and O–H groups in total. The minimum atomic E-state index is 0.0323. The monoisotopic (exact) mass is 403 g/mol. The molecule has 1 aliphatic heterocycles. The lowest BCUT2D eigenvalue weighted by atomic mass is 10.1. The Hall–Kier alpha value is -3.04. The molecule has 4 rings (SSSR count). The number of amides is 1. The molecule has 29 heavy (non-hydrogen) atoms. The van der Waals surface area contributed by atoms with Crippen LogP contribution in [0.5, 0.6) is 5.75 Å². The highest BCUT2D eigenvalue weighted by Gasteiger charge is 2.30. The number of para-hydroxylation sites is 1. The highest BCUT2D eigenvalue weighted by atomic mass is 32.2. The largest absolute Gasteiger partial charge is 0.494 e. The van der Waals surface area contributed by atoms with Crippen molar-refractivity contribution in [3.05, 3.63) is 59.7 Å². The van der Waals surface area contributed by atoms with Crippen molar-refractivity contribution in [1.82, 2.24) is 4.98 Å². The average molecular weight is 404 g/mol. The number of rotatable bonds is 5. The van der Waals surface area contributed by atoms with Crippen LogP contribution in [0.15, 0.2) is 53.6 Å². The molecule has 0 saturated carbocycles. The Morgan fingerprint density at radius 3 is 2.93 bits per heavy atom. The summed E-state index contributed by atoms with van der Waals surface area (Å²) in [6, 6.07) is 17.8. The van der Waals surface area contributed by atoms with E-state index in [0.717, 1.165) is 28.8 Å². The normalized spacial score (nSPS) is 15.2. The Morgan fingerprint density at radius 2 is 2.14 bits per heavy atom. The predicted molar refractivity (Wildman–Crippen MR) is 115 cm³/mol. The molecule has 0 aliphatic carbocycles. The molecule has 0 spiro atoms. The van der Waals surface area contributed by atoms with Crippen molar-refractivity contribution in [1.29, 1.82) is 5.26 Å². The van der Waals surface area contributed by atoms with Gasteiger partial charge >= 0.3 is 0 Å². The zero-order chi connectivity index (χ0) is 20.4. The molecule has 0 bridgehead atoms. The molecule has 0 radical (unpaired) electrons. The second-order valence-electron chi connectivity index (χ2n) is 6.97. The SMILES string of the molecule is CCOc1ccc2nc(SCC(=O)N3c4ccccc4C[C@H]3C)c(C#N)cc2c1. The number of hydrogen-bond acceptors (Lipinski definition) is 5. The molecule has 0 fully saturated rings. The number of pyridine rings is 1. The van der Waals surface area contributed by atoms with Gasteiger partial charge in [-0.3, -0.25) is 4.79 Å². The number of benzene rings is 2. The Labute approximate surface area is 174 Å². The van der Waals surface area contributed by atoms with Crippen LogP contribution in [0.25, 0.3) is 10.9 Å². The first-order chi connectivity index (χ1) is 14.1. The number of nitrogens with zero attached hydrogens (tertiary/aromatic N) is 3. The highest BCUT2D eigenvalue weighted by molar-refractivity contribution is 8.00. The maximum atomic E-state index is 12.9. The summed E-state index contributed by atoms with van der Waals surface area (Å²) in [6.07, 6.45) is 0.867. The van der Waals surface area contributed by atoms with Crippen LogP contribution in [0.2, 0.25) is 0 Å². The quantitative estimate of drug-likeness (QED) is 0.584. The number of thioether (sulfide) groups is 1. The molecule has 5 nitrogen and oxygen atoms in total. The summed E-state index contributed by atoms with van der Waals surface area (Å²) in [5.41, 5.74) is 3.44. The highest BCUT2D eigenvalue weighted by Crippen LogP contribution is 2.33. The molecule has 1 aromatic heterocycles. The van der Waals surface area contributed by atoms with Gasteiger partial charge in [0.25, 0.3) is 0 Å². The lowest BCUT2D eigenvalue weighted by molar-refractivity contribution is -0.116. The van der Waals surface area contributed by atoms with Crippen LogP contribution >= 0.6 is 11.8 Å². The number of hydrogen-bond donors (Lipinski definition) is 0.